The number of benzene rings is 1. The number of aryl methyl sites for hydroxylation is 1. The molecule has 4 heteroatoms. The molecular weight excluding hydrogens is 234 g/mol. The predicted molar refractivity (Wildman–Crippen MR) is 71.9 cm³/mol. The van der Waals surface area contributed by atoms with Gasteiger partial charge >= 0.3 is 0 Å². The van der Waals surface area contributed by atoms with Crippen LogP contribution in [0.4, 0.5) is 0 Å². The molecule has 0 saturated carbocycles. The minimum absolute atomic E-state index is 0.135. The first-order valence-electron chi connectivity index (χ1n) is 5.95. The van der Waals surface area contributed by atoms with Crippen LogP contribution in [0.2, 0.25) is 0 Å². The van der Waals surface area contributed by atoms with Crippen LogP contribution < -0.4 is 5.73 Å². The second-order valence-electron chi connectivity index (χ2n) is 4.37. The van der Waals surface area contributed by atoms with E-state index in [4.69, 9.17) is 5.73 Å². The molecule has 0 aliphatic carbocycles. The van der Waals surface area contributed by atoms with E-state index in [0.717, 1.165) is 5.56 Å². The van der Waals surface area contributed by atoms with Crippen LogP contribution in [0.25, 0.3) is 0 Å². The highest BCUT2D eigenvalue weighted by atomic mass is 32.2. The van der Waals surface area contributed by atoms with E-state index in [1.165, 1.54) is 5.56 Å². The molecule has 1 aromatic carbocycles. The molecule has 1 unspecified atom stereocenters. The number of nitrogens with two attached hydrogens (primary N) is 1. The van der Waals surface area contributed by atoms with E-state index in [-0.39, 0.29) is 17.4 Å². The molecule has 96 valence electrons. The maximum Gasteiger partial charge on any atom is 0.150 e. The Kier molecular flexibility index (Phi) is 5.15. The van der Waals surface area contributed by atoms with E-state index in [1.54, 1.807) is 6.92 Å². The first-order valence-corrected chi connectivity index (χ1v) is 7.77. The lowest BCUT2D eigenvalue weighted by Crippen LogP contribution is -2.18. The predicted octanol–water partition coefficient (Wildman–Crippen LogP) is 1.86. The lowest BCUT2D eigenvalue weighted by atomic mass is 9.95. The summed E-state index contributed by atoms with van der Waals surface area (Å²) >= 11 is 0. The molecule has 0 bridgehead atoms. The minimum Gasteiger partial charge on any atom is -0.330 e. The van der Waals surface area contributed by atoms with Crippen LogP contribution in [0.15, 0.2) is 24.3 Å². The van der Waals surface area contributed by atoms with Crippen LogP contribution in [0.1, 0.15) is 30.4 Å². The molecule has 0 radical (unpaired) electrons. The second-order valence-corrected chi connectivity index (χ2v) is 6.84. The van der Waals surface area contributed by atoms with Gasteiger partial charge in [0.05, 0.1) is 5.75 Å². The highest BCUT2D eigenvalue weighted by Crippen LogP contribution is 2.20. The average Bonchev–Trinajstić information content (AvgIpc) is 2.30. The van der Waals surface area contributed by atoms with E-state index in [2.05, 4.69) is 6.07 Å². The quantitative estimate of drug-likeness (QED) is 0.844. The average molecular weight is 255 g/mol. The van der Waals surface area contributed by atoms with Crippen molar-refractivity contribution in [1.29, 1.82) is 0 Å². The van der Waals surface area contributed by atoms with E-state index >= 15 is 0 Å². The molecule has 0 spiro atoms. The van der Waals surface area contributed by atoms with Crippen LogP contribution in [0, 0.1) is 6.92 Å². The van der Waals surface area contributed by atoms with Crippen LogP contribution in [0.3, 0.4) is 0 Å². The van der Waals surface area contributed by atoms with Crippen molar-refractivity contribution in [2.24, 2.45) is 5.73 Å². The SMILES string of the molecule is CCS(=O)(=O)CCC(CN)c1cccc(C)c1. The summed E-state index contributed by atoms with van der Waals surface area (Å²) in [7, 11) is -2.90. The Bertz CT molecular complexity index is 454. The lowest BCUT2D eigenvalue weighted by molar-refractivity contribution is 0.586. The highest BCUT2D eigenvalue weighted by molar-refractivity contribution is 7.91. The summed E-state index contributed by atoms with van der Waals surface area (Å²) in [5.41, 5.74) is 8.05. The number of rotatable bonds is 6. The van der Waals surface area contributed by atoms with E-state index in [9.17, 15) is 8.42 Å². The molecule has 0 fully saturated rings. The summed E-state index contributed by atoms with van der Waals surface area (Å²) in [6, 6.07) is 8.11. The van der Waals surface area contributed by atoms with Gasteiger partial charge in [-0.1, -0.05) is 36.8 Å². The standard InChI is InChI=1S/C13H21NO2S/c1-3-17(15,16)8-7-13(10-14)12-6-4-5-11(2)9-12/h4-6,9,13H,3,7-8,10,14H2,1-2H3. The van der Waals surface area contributed by atoms with Crippen LogP contribution in [-0.2, 0) is 9.84 Å². The van der Waals surface area contributed by atoms with Crippen molar-refractivity contribution in [3.05, 3.63) is 35.4 Å². The largest absolute Gasteiger partial charge is 0.330 e. The van der Waals surface area contributed by atoms with Crippen molar-refractivity contribution in [2.75, 3.05) is 18.1 Å². The fourth-order valence-electron chi connectivity index (χ4n) is 1.81. The van der Waals surface area contributed by atoms with Crippen LogP contribution in [-0.4, -0.2) is 26.5 Å². The second kappa shape index (κ2) is 6.17. The number of hydrogen-bond acceptors (Lipinski definition) is 3. The minimum atomic E-state index is -2.90. The zero-order valence-electron chi connectivity index (χ0n) is 10.5. The Morgan fingerprint density at radius 3 is 2.59 bits per heavy atom. The molecule has 17 heavy (non-hydrogen) atoms. The normalized spacial score (nSPS) is 13.6. The molecule has 0 aromatic heterocycles. The summed E-state index contributed by atoms with van der Waals surface area (Å²) in [6.07, 6.45) is 0.607. The van der Waals surface area contributed by atoms with Gasteiger partial charge in [0.2, 0.25) is 0 Å². The molecule has 1 aromatic rings. The molecule has 0 aliphatic heterocycles. The third kappa shape index (κ3) is 4.48. The van der Waals surface area contributed by atoms with Gasteiger partial charge in [0.15, 0.2) is 0 Å². The van der Waals surface area contributed by atoms with E-state index < -0.39 is 9.84 Å². The lowest BCUT2D eigenvalue weighted by Gasteiger charge is -2.15. The van der Waals surface area contributed by atoms with Crippen LogP contribution in [0.5, 0.6) is 0 Å². The Morgan fingerprint density at radius 1 is 1.35 bits per heavy atom. The van der Waals surface area contributed by atoms with Crippen molar-refractivity contribution in [1.82, 2.24) is 0 Å². The summed E-state index contributed by atoms with van der Waals surface area (Å²) in [6.45, 7) is 4.20. The zero-order valence-corrected chi connectivity index (χ0v) is 11.3. The van der Waals surface area contributed by atoms with E-state index in [0.29, 0.717) is 13.0 Å². The molecule has 3 nitrogen and oxygen atoms in total. The summed E-state index contributed by atoms with van der Waals surface area (Å²) < 4.78 is 23.0. The fraction of sp³-hybridized carbons (Fsp3) is 0.538. The van der Waals surface area contributed by atoms with Gasteiger partial charge in [-0.15, -0.1) is 0 Å². The van der Waals surface area contributed by atoms with Gasteiger partial charge in [0, 0.05) is 5.75 Å². The molecular formula is C13H21NO2S. The molecule has 0 heterocycles. The molecule has 2 N–H and O–H groups in total. The Balaban J connectivity index is 2.73. The van der Waals surface area contributed by atoms with E-state index in [1.807, 2.05) is 25.1 Å². The van der Waals surface area contributed by atoms with Gasteiger partial charge in [-0.25, -0.2) is 8.42 Å². The third-order valence-electron chi connectivity index (χ3n) is 3.02. The Hall–Kier alpha value is -0.870. The van der Waals surface area contributed by atoms with Gasteiger partial charge in [-0.05, 0) is 31.4 Å². The Morgan fingerprint density at radius 2 is 2.06 bits per heavy atom. The van der Waals surface area contributed by atoms with Crippen molar-refractivity contribution in [3.63, 3.8) is 0 Å². The maximum absolute atomic E-state index is 11.5. The fourth-order valence-corrected chi connectivity index (χ4v) is 2.74. The first kappa shape index (κ1) is 14.2. The van der Waals surface area contributed by atoms with Crippen LogP contribution >= 0.6 is 0 Å². The maximum atomic E-state index is 11.5. The molecule has 1 rings (SSSR count). The molecule has 0 aliphatic rings. The first-order chi connectivity index (χ1) is 7.98. The molecule has 0 saturated heterocycles. The highest BCUT2D eigenvalue weighted by Gasteiger charge is 2.14. The third-order valence-corrected chi connectivity index (χ3v) is 4.75. The Labute approximate surface area is 104 Å². The number of sulfone groups is 1. The molecule has 1 atom stereocenters. The van der Waals surface area contributed by atoms with Crippen molar-refractivity contribution < 1.29 is 8.42 Å². The van der Waals surface area contributed by atoms with Gasteiger partial charge in [-0.3, -0.25) is 0 Å². The monoisotopic (exact) mass is 255 g/mol. The summed E-state index contributed by atoms with van der Waals surface area (Å²) in [5.74, 6) is 0.563. The summed E-state index contributed by atoms with van der Waals surface area (Å²) in [5, 5.41) is 0. The summed E-state index contributed by atoms with van der Waals surface area (Å²) in [4.78, 5) is 0. The number of hydrogen-bond donors (Lipinski definition) is 1. The zero-order chi connectivity index (χ0) is 12.9. The molecule has 0 amide bonds. The smallest absolute Gasteiger partial charge is 0.150 e. The van der Waals surface area contributed by atoms with Crippen molar-refractivity contribution >= 4 is 9.84 Å². The topological polar surface area (TPSA) is 60.2 Å². The van der Waals surface area contributed by atoms with Gasteiger partial charge in [-0.2, -0.15) is 0 Å². The van der Waals surface area contributed by atoms with Gasteiger partial charge in [0.1, 0.15) is 9.84 Å². The van der Waals surface area contributed by atoms with Crippen molar-refractivity contribution in [2.45, 2.75) is 26.2 Å². The van der Waals surface area contributed by atoms with Crippen molar-refractivity contribution in [3.8, 4) is 0 Å². The van der Waals surface area contributed by atoms with Gasteiger partial charge in [0.25, 0.3) is 0 Å². The van der Waals surface area contributed by atoms with Gasteiger partial charge < -0.3 is 5.73 Å².